The number of benzene rings is 2. The van der Waals surface area contributed by atoms with Gasteiger partial charge in [-0.25, -0.2) is 17.5 Å². The molecule has 0 saturated heterocycles. The topological polar surface area (TPSA) is 55.4 Å². The van der Waals surface area contributed by atoms with E-state index in [4.69, 9.17) is 4.74 Å². The Morgan fingerprint density at radius 2 is 1.95 bits per heavy atom. The predicted octanol–water partition coefficient (Wildman–Crippen LogP) is 3.25. The first-order valence-corrected chi connectivity index (χ1v) is 8.74. The molecule has 0 bridgehead atoms. The molecule has 7 heteroatoms. The molecule has 1 unspecified atom stereocenters. The first kappa shape index (κ1) is 17.1. The molecular formula is C15H15BrFNO3S. The van der Waals surface area contributed by atoms with Crippen LogP contribution in [0.3, 0.4) is 0 Å². The normalized spacial score (nSPS) is 13.0. The van der Waals surface area contributed by atoms with Crippen LogP contribution in [0.5, 0.6) is 0 Å². The van der Waals surface area contributed by atoms with Gasteiger partial charge < -0.3 is 4.74 Å². The molecule has 0 aliphatic heterocycles. The molecule has 0 saturated carbocycles. The lowest BCUT2D eigenvalue weighted by molar-refractivity contribution is 0.107. The Labute approximate surface area is 137 Å². The minimum Gasteiger partial charge on any atom is -0.375 e. The number of sulfonamides is 1. The molecule has 0 aliphatic rings. The lowest BCUT2D eigenvalue weighted by Crippen LogP contribution is -2.29. The van der Waals surface area contributed by atoms with E-state index in [0.717, 1.165) is 0 Å². The van der Waals surface area contributed by atoms with E-state index in [1.807, 2.05) is 0 Å². The second-order valence-electron chi connectivity index (χ2n) is 4.56. The Kier molecular flexibility index (Phi) is 5.69. The van der Waals surface area contributed by atoms with Gasteiger partial charge in [0.2, 0.25) is 10.0 Å². The Morgan fingerprint density at radius 1 is 1.23 bits per heavy atom. The molecule has 118 valence electrons. The van der Waals surface area contributed by atoms with Crippen molar-refractivity contribution in [3.63, 3.8) is 0 Å². The van der Waals surface area contributed by atoms with Crippen molar-refractivity contribution in [3.05, 3.63) is 64.4 Å². The minimum atomic E-state index is -3.68. The number of ether oxygens (including phenoxy) is 1. The van der Waals surface area contributed by atoms with E-state index in [2.05, 4.69) is 20.7 Å². The minimum absolute atomic E-state index is 0.00359. The van der Waals surface area contributed by atoms with Crippen LogP contribution in [0, 0.1) is 5.82 Å². The SMILES string of the molecule is COC(CNS(=O)(=O)c1ccccc1Br)c1cccc(F)c1. The van der Waals surface area contributed by atoms with E-state index in [1.54, 1.807) is 30.3 Å². The van der Waals surface area contributed by atoms with Crippen molar-refractivity contribution < 1.29 is 17.5 Å². The summed E-state index contributed by atoms with van der Waals surface area (Å²) in [6.45, 7) is 0.00359. The summed E-state index contributed by atoms with van der Waals surface area (Å²) < 4.78 is 46.1. The lowest BCUT2D eigenvalue weighted by atomic mass is 10.1. The van der Waals surface area contributed by atoms with Crippen molar-refractivity contribution in [3.8, 4) is 0 Å². The number of halogens is 2. The maximum Gasteiger partial charge on any atom is 0.241 e. The van der Waals surface area contributed by atoms with Gasteiger partial charge in [0, 0.05) is 18.1 Å². The second-order valence-corrected chi connectivity index (χ2v) is 7.15. The molecule has 2 rings (SSSR count). The van der Waals surface area contributed by atoms with Gasteiger partial charge in [0.05, 0.1) is 11.0 Å². The van der Waals surface area contributed by atoms with Crippen molar-refractivity contribution in [1.82, 2.24) is 4.72 Å². The highest BCUT2D eigenvalue weighted by Gasteiger charge is 2.20. The highest BCUT2D eigenvalue weighted by Crippen LogP contribution is 2.22. The third-order valence-electron chi connectivity index (χ3n) is 3.09. The molecule has 2 aromatic rings. The Hall–Kier alpha value is -1.28. The summed E-state index contributed by atoms with van der Waals surface area (Å²) >= 11 is 3.21. The van der Waals surface area contributed by atoms with Crippen LogP contribution in [-0.2, 0) is 14.8 Å². The monoisotopic (exact) mass is 387 g/mol. The van der Waals surface area contributed by atoms with Crippen LogP contribution in [0.1, 0.15) is 11.7 Å². The number of methoxy groups -OCH3 is 1. The molecule has 0 heterocycles. The van der Waals surface area contributed by atoms with Gasteiger partial charge in [-0.15, -0.1) is 0 Å². The average Bonchev–Trinajstić information content (AvgIpc) is 2.48. The zero-order chi connectivity index (χ0) is 16.2. The van der Waals surface area contributed by atoms with Crippen molar-refractivity contribution in [2.24, 2.45) is 0 Å². The van der Waals surface area contributed by atoms with E-state index in [-0.39, 0.29) is 11.4 Å². The molecule has 1 atom stereocenters. The van der Waals surface area contributed by atoms with Crippen LogP contribution in [0.4, 0.5) is 4.39 Å². The van der Waals surface area contributed by atoms with Gasteiger partial charge in [0.15, 0.2) is 0 Å². The fourth-order valence-corrected chi connectivity index (χ4v) is 4.00. The zero-order valence-corrected chi connectivity index (χ0v) is 14.2. The maximum atomic E-state index is 13.3. The summed E-state index contributed by atoms with van der Waals surface area (Å²) in [6, 6.07) is 12.4. The highest BCUT2D eigenvalue weighted by molar-refractivity contribution is 9.10. The molecule has 0 amide bonds. The van der Waals surface area contributed by atoms with Crippen LogP contribution in [-0.4, -0.2) is 22.1 Å². The largest absolute Gasteiger partial charge is 0.375 e. The Morgan fingerprint density at radius 3 is 2.59 bits per heavy atom. The standard InChI is InChI=1S/C15H15BrFNO3S/c1-21-14(11-5-4-6-12(17)9-11)10-18-22(19,20)15-8-3-2-7-13(15)16/h2-9,14,18H,10H2,1H3. The fraction of sp³-hybridized carbons (Fsp3) is 0.200. The molecule has 0 fully saturated rings. The van der Waals surface area contributed by atoms with Gasteiger partial charge >= 0.3 is 0 Å². The third-order valence-corrected chi connectivity index (χ3v) is 5.53. The van der Waals surface area contributed by atoms with Gasteiger partial charge in [-0.05, 0) is 45.8 Å². The van der Waals surface area contributed by atoms with Crippen LogP contribution >= 0.6 is 15.9 Å². The average molecular weight is 388 g/mol. The summed E-state index contributed by atoms with van der Waals surface area (Å²) in [6.07, 6.45) is -0.576. The summed E-state index contributed by atoms with van der Waals surface area (Å²) in [7, 11) is -2.24. The summed E-state index contributed by atoms with van der Waals surface area (Å²) in [5.74, 6) is -0.395. The van der Waals surface area contributed by atoms with Crippen molar-refractivity contribution in [1.29, 1.82) is 0 Å². The van der Waals surface area contributed by atoms with E-state index in [0.29, 0.717) is 10.0 Å². The quantitative estimate of drug-likeness (QED) is 0.827. The van der Waals surface area contributed by atoms with Gasteiger partial charge in [-0.2, -0.15) is 0 Å². The number of hydrogen-bond acceptors (Lipinski definition) is 3. The molecule has 4 nitrogen and oxygen atoms in total. The van der Waals surface area contributed by atoms with E-state index < -0.39 is 21.9 Å². The van der Waals surface area contributed by atoms with Crippen LogP contribution < -0.4 is 4.72 Å². The van der Waals surface area contributed by atoms with Gasteiger partial charge in [-0.1, -0.05) is 24.3 Å². The Balaban J connectivity index is 2.15. The highest BCUT2D eigenvalue weighted by atomic mass is 79.9. The van der Waals surface area contributed by atoms with Crippen molar-refractivity contribution in [2.45, 2.75) is 11.0 Å². The molecule has 0 radical (unpaired) electrons. The maximum absolute atomic E-state index is 13.3. The van der Waals surface area contributed by atoms with Gasteiger partial charge in [-0.3, -0.25) is 0 Å². The summed E-state index contributed by atoms with van der Waals surface area (Å²) in [4.78, 5) is 0.143. The summed E-state index contributed by atoms with van der Waals surface area (Å²) in [5.41, 5.74) is 0.567. The molecular weight excluding hydrogens is 373 g/mol. The molecule has 2 aromatic carbocycles. The lowest BCUT2D eigenvalue weighted by Gasteiger charge is -2.17. The third kappa shape index (κ3) is 4.13. The second kappa shape index (κ2) is 7.32. The smallest absolute Gasteiger partial charge is 0.241 e. The number of rotatable bonds is 6. The fourth-order valence-electron chi connectivity index (χ4n) is 1.97. The van der Waals surface area contributed by atoms with Crippen LogP contribution in [0.15, 0.2) is 57.9 Å². The van der Waals surface area contributed by atoms with Gasteiger partial charge in [0.1, 0.15) is 5.82 Å². The summed E-state index contributed by atoms with van der Waals surface area (Å²) in [5, 5.41) is 0. The van der Waals surface area contributed by atoms with Crippen molar-refractivity contribution >= 4 is 26.0 Å². The molecule has 0 aromatic heterocycles. The van der Waals surface area contributed by atoms with Crippen LogP contribution in [0.25, 0.3) is 0 Å². The van der Waals surface area contributed by atoms with Crippen LogP contribution in [0.2, 0.25) is 0 Å². The van der Waals surface area contributed by atoms with E-state index in [1.165, 1.54) is 25.3 Å². The van der Waals surface area contributed by atoms with Gasteiger partial charge in [0.25, 0.3) is 0 Å². The first-order valence-electron chi connectivity index (χ1n) is 6.46. The first-order chi connectivity index (χ1) is 10.4. The number of nitrogens with one attached hydrogen (secondary N) is 1. The molecule has 0 spiro atoms. The van der Waals surface area contributed by atoms with Crippen molar-refractivity contribution in [2.75, 3.05) is 13.7 Å². The number of hydrogen-bond donors (Lipinski definition) is 1. The van der Waals surface area contributed by atoms with E-state index >= 15 is 0 Å². The Bertz CT molecular complexity index is 752. The van der Waals surface area contributed by atoms with E-state index in [9.17, 15) is 12.8 Å². The molecule has 22 heavy (non-hydrogen) atoms. The zero-order valence-electron chi connectivity index (χ0n) is 11.8. The molecule has 1 N–H and O–H groups in total. The molecule has 0 aliphatic carbocycles. The predicted molar refractivity (Wildman–Crippen MR) is 85.5 cm³/mol.